The molecule has 3 saturated heterocycles. The molecule has 4 aliphatic rings. The van der Waals surface area contributed by atoms with Crippen molar-refractivity contribution >= 4 is 55.4 Å². The van der Waals surface area contributed by atoms with Crippen LogP contribution >= 0.6 is 31.9 Å². The van der Waals surface area contributed by atoms with Crippen LogP contribution in [0.2, 0.25) is 0 Å². The molecular weight excluding hydrogens is 716 g/mol. The molecular formula is C34H44Br2N6O4. The Labute approximate surface area is 288 Å². The highest BCUT2D eigenvalue weighted by atomic mass is 79.9. The summed E-state index contributed by atoms with van der Waals surface area (Å²) in [4.78, 5) is 51.3. The molecule has 4 aliphatic heterocycles. The molecule has 0 aromatic heterocycles. The van der Waals surface area contributed by atoms with Crippen LogP contribution in [-0.2, 0) is 22.6 Å². The molecule has 0 unspecified atom stereocenters. The van der Waals surface area contributed by atoms with Crippen molar-refractivity contribution in [2.75, 3.05) is 64.7 Å². The molecule has 46 heavy (non-hydrogen) atoms. The number of amides is 4. The smallest absolute Gasteiger partial charge is 0.322 e. The van der Waals surface area contributed by atoms with Gasteiger partial charge in [0.2, 0.25) is 11.8 Å². The molecule has 2 aromatic rings. The van der Waals surface area contributed by atoms with Gasteiger partial charge in [-0.15, -0.1) is 0 Å². The van der Waals surface area contributed by atoms with Crippen LogP contribution in [-0.4, -0.2) is 119 Å². The van der Waals surface area contributed by atoms with Gasteiger partial charge in [0.05, 0.1) is 14.9 Å². The van der Waals surface area contributed by atoms with Crippen molar-refractivity contribution in [1.82, 2.24) is 24.5 Å². The second-order valence-corrected chi connectivity index (χ2v) is 14.9. The Morgan fingerprint density at radius 2 is 1.52 bits per heavy atom. The van der Waals surface area contributed by atoms with Gasteiger partial charge in [-0.2, -0.15) is 0 Å². The van der Waals surface area contributed by atoms with Crippen molar-refractivity contribution in [2.45, 2.75) is 57.2 Å². The highest BCUT2D eigenvalue weighted by Gasteiger charge is 2.36. The fourth-order valence-corrected chi connectivity index (χ4v) is 8.76. The summed E-state index contributed by atoms with van der Waals surface area (Å²) in [7, 11) is 2.17. The second-order valence-electron chi connectivity index (χ2n) is 13.2. The average molecular weight is 761 g/mol. The van der Waals surface area contributed by atoms with E-state index in [-0.39, 0.29) is 36.1 Å². The van der Waals surface area contributed by atoms with Crippen LogP contribution in [0.15, 0.2) is 45.3 Å². The molecule has 10 nitrogen and oxygen atoms in total. The third kappa shape index (κ3) is 7.55. The Morgan fingerprint density at radius 3 is 2.20 bits per heavy atom. The van der Waals surface area contributed by atoms with Gasteiger partial charge >= 0.3 is 6.03 Å². The van der Waals surface area contributed by atoms with E-state index in [0.29, 0.717) is 67.0 Å². The number of halogens is 2. The van der Waals surface area contributed by atoms with Crippen LogP contribution in [0.25, 0.3) is 0 Å². The number of piperazine rings is 1. The van der Waals surface area contributed by atoms with Crippen LogP contribution in [0.3, 0.4) is 0 Å². The first-order chi connectivity index (χ1) is 22.2. The number of urea groups is 1. The maximum atomic E-state index is 14.1. The molecule has 248 valence electrons. The number of nitrogens with one attached hydrogen (secondary N) is 1. The van der Waals surface area contributed by atoms with Crippen LogP contribution in [0.5, 0.6) is 5.75 Å². The van der Waals surface area contributed by atoms with E-state index in [1.807, 2.05) is 51.1 Å². The van der Waals surface area contributed by atoms with Crippen LogP contribution in [0.1, 0.15) is 43.2 Å². The Balaban J connectivity index is 1.09. The van der Waals surface area contributed by atoms with Gasteiger partial charge in [-0.25, -0.2) is 4.79 Å². The number of fused-ring (bicyclic) bond motifs is 1. The summed E-state index contributed by atoms with van der Waals surface area (Å²) in [5.41, 5.74) is 2.84. The molecule has 3 fully saturated rings. The maximum Gasteiger partial charge on any atom is 0.322 e. The summed E-state index contributed by atoms with van der Waals surface area (Å²) in [6, 6.07) is 12.1. The van der Waals surface area contributed by atoms with Crippen molar-refractivity contribution in [3.05, 3.63) is 56.5 Å². The molecule has 0 aliphatic carbocycles. The summed E-state index contributed by atoms with van der Waals surface area (Å²) in [6.45, 7) is 6.97. The molecule has 0 saturated carbocycles. The van der Waals surface area contributed by atoms with Gasteiger partial charge in [-0.05, 0) is 113 Å². The van der Waals surface area contributed by atoms with E-state index >= 15 is 0 Å². The highest BCUT2D eigenvalue weighted by molar-refractivity contribution is 9.11. The Kier molecular flexibility index (Phi) is 10.6. The number of para-hydroxylation sites is 1. The topological polar surface area (TPSA) is 99.7 Å². The predicted molar refractivity (Wildman–Crippen MR) is 185 cm³/mol. The molecule has 0 radical (unpaired) electrons. The molecule has 0 spiro atoms. The summed E-state index contributed by atoms with van der Waals surface area (Å²) in [5, 5.41) is 13.3. The number of carbonyl (C=O) groups excluding carboxylic acids is 3. The summed E-state index contributed by atoms with van der Waals surface area (Å²) < 4.78 is 1.10. The first-order valence-electron chi connectivity index (χ1n) is 16.5. The van der Waals surface area contributed by atoms with Crippen LogP contribution in [0.4, 0.5) is 10.5 Å². The summed E-state index contributed by atoms with van der Waals surface area (Å²) >= 11 is 6.84. The van der Waals surface area contributed by atoms with Gasteiger partial charge in [-0.1, -0.05) is 18.2 Å². The second kappa shape index (κ2) is 14.6. The van der Waals surface area contributed by atoms with Crippen molar-refractivity contribution < 1.29 is 19.5 Å². The van der Waals surface area contributed by atoms with E-state index in [9.17, 15) is 19.5 Å². The SMILES string of the molecule is CN1CCC(N2CCN(C(=O)[C@@H](CC(=O)N3CCC(N4Cc5ccccc5NC4=O)CC3)Cc3cc(Br)c(O)c(Br)c3)CC2)CC1. The first-order valence-corrected chi connectivity index (χ1v) is 18.1. The molecule has 12 heteroatoms. The minimum absolute atomic E-state index is 0.0212. The lowest BCUT2D eigenvalue weighted by atomic mass is 9.92. The van der Waals surface area contributed by atoms with Crippen molar-refractivity contribution in [3.63, 3.8) is 0 Å². The number of hydrogen-bond acceptors (Lipinski definition) is 6. The van der Waals surface area contributed by atoms with Crippen LogP contribution in [0, 0.1) is 5.92 Å². The normalized spacial score (nSPS) is 21.2. The third-order valence-corrected chi connectivity index (χ3v) is 11.5. The number of likely N-dealkylation sites (tertiary alicyclic amines) is 2. The number of anilines is 1. The number of benzene rings is 2. The van der Waals surface area contributed by atoms with E-state index in [2.05, 4.69) is 54.0 Å². The number of nitrogens with zero attached hydrogens (tertiary/aromatic N) is 5. The van der Waals surface area contributed by atoms with E-state index in [0.717, 1.165) is 43.0 Å². The number of piperidine rings is 2. The summed E-state index contributed by atoms with van der Waals surface area (Å²) in [6.07, 6.45) is 4.28. The highest BCUT2D eigenvalue weighted by Crippen LogP contribution is 2.35. The van der Waals surface area contributed by atoms with Gasteiger partial charge in [0.25, 0.3) is 0 Å². The quantitative estimate of drug-likeness (QED) is 0.424. The van der Waals surface area contributed by atoms with E-state index in [1.54, 1.807) is 0 Å². The largest absolute Gasteiger partial charge is 0.506 e. The molecule has 2 aromatic carbocycles. The minimum atomic E-state index is -0.507. The number of phenolic OH excluding ortho intramolecular Hbond substituents is 1. The van der Waals surface area contributed by atoms with Crippen molar-refractivity contribution in [2.24, 2.45) is 5.92 Å². The van der Waals surface area contributed by atoms with Gasteiger partial charge in [0.15, 0.2) is 0 Å². The Bertz CT molecular complexity index is 1410. The van der Waals surface area contributed by atoms with Gasteiger partial charge in [0.1, 0.15) is 5.75 Å². The van der Waals surface area contributed by atoms with E-state index < -0.39 is 5.92 Å². The fourth-order valence-electron chi connectivity index (χ4n) is 7.48. The molecule has 1 atom stereocenters. The van der Waals surface area contributed by atoms with Crippen molar-refractivity contribution in [1.29, 1.82) is 0 Å². The predicted octanol–water partition coefficient (Wildman–Crippen LogP) is 4.74. The first kappa shape index (κ1) is 33.2. The van der Waals surface area contributed by atoms with E-state index in [4.69, 9.17) is 0 Å². The molecule has 0 bridgehead atoms. The van der Waals surface area contributed by atoms with Crippen molar-refractivity contribution in [3.8, 4) is 5.75 Å². The molecule has 4 amide bonds. The standard InChI is InChI=1S/C34H44Br2N6O4/c1-38-10-6-26(7-11-38)39-14-16-41(17-15-39)33(45)25(18-23-19-28(35)32(44)29(36)20-23)21-31(43)40-12-8-27(9-13-40)42-22-24-4-2-3-5-30(24)37-34(42)46/h2-5,19-20,25-27,44H,6-18,21-22H2,1H3,(H,37,46)/t25-/m1/s1. The lowest BCUT2D eigenvalue weighted by Gasteiger charge is -2.43. The molecule has 6 rings (SSSR count). The monoisotopic (exact) mass is 758 g/mol. The molecule has 2 N–H and O–H groups in total. The number of aromatic hydroxyl groups is 1. The van der Waals surface area contributed by atoms with Gasteiger partial charge < -0.3 is 30.0 Å². The maximum absolute atomic E-state index is 14.1. The lowest BCUT2D eigenvalue weighted by Crippen LogP contribution is -2.55. The third-order valence-electron chi connectivity index (χ3n) is 10.3. The minimum Gasteiger partial charge on any atom is -0.506 e. The van der Waals surface area contributed by atoms with Crippen LogP contribution < -0.4 is 5.32 Å². The zero-order valence-electron chi connectivity index (χ0n) is 26.5. The van der Waals surface area contributed by atoms with Gasteiger partial charge in [0, 0.05) is 70.0 Å². The Morgan fingerprint density at radius 1 is 0.891 bits per heavy atom. The summed E-state index contributed by atoms with van der Waals surface area (Å²) in [5.74, 6) is -0.392. The Hall–Kier alpha value is -2.67. The lowest BCUT2D eigenvalue weighted by molar-refractivity contribution is -0.143. The molecule has 4 heterocycles. The number of rotatable bonds is 7. The number of phenols is 1. The zero-order valence-corrected chi connectivity index (χ0v) is 29.6. The zero-order chi connectivity index (χ0) is 32.4. The average Bonchev–Trinajstić information content (AvgIpc) is 3.06. The van der Waals surface area contributed by atoms with E-state index in [1.165, 1.54) is 12.8 Å². The fraction of sp³-hybridized carbons (Fsp3) is 0.559. The number of carbonyl (C=O) groups is 3. The van der Waals surface area contributed by atoms with Gasteiger partial charge in [-0.3, -0.25) is 14.5 Å². The number of hydrogen-bond donors (Lipinski definition) is 2.